The minimum Gasteiger partial charge on any atom is -1.00 e. The molecular weight excluding hydrogens is 363 g/mol. The molecule has 0 aliphatic rings. The lowest BCUT2D eigenvalue weighted by atomic mass is 10.1. The molecule has 0 saturated heterocycles. The van der Waals surface area contributed by atoms with E-state index in [1.165, 1.54) is 5.56 Å². The molecule has 0 aliphatic heterocycles. The average molecular weight is 378 g/mol. The third-order valence-electron chi connectivity index (χ3n) is 3.36. The third-order valence-corrected chi connectivity index (χ3v) is 3.36. The molecule has 3 rings (SSSR count). The van der Waals surface area contributed by atoms with Gasteiger partial charge < -0.3 is 29.0 Å². The van der Waals surface area contributed by atoms with Gasteiger partial charge in [0.05, 0.1) is 5.69 Å². The van der Waals surface area contributed by atoms with Crippen molar-refractivity contribution < 1.29 is 28.5 Å². The van der Waals surface area contributed by atoms with Crippen LogP contribution in [0, 0.1) is 6.92 Å². The average Bonchev–Trinajstić information content (AvgIpc) is 2.41. The fourth-order valence-electron chi connectivity index (χ4n) is 2.25. The van der Waals surface area contributed by atoms with E-state index in [0.29, 0.717) is 5.39 Å². The van der Waals surface area contributed by atoms with E-state index in [4.69, 9.17) is 0 Å². The smallest absolute Gasteiger partial charge is 0.262 e. The van der Waals surface area contributed by atoms with Crippen LogP contribution in [0.5, 0.6) is 0 Å². The number of hydrogen-bond acceptors (Lipinski definition) is 1. The van der Waals surface area contributed by atoms with Crippen LogP contribution in [0.1, 0.15) is 5.56 Å². The molecule has 1 aromatic carbocycles. The van der Waals surface area contributed by atoms with Gasteiger partial charge >= 0.3 is 0 Å². The van der Waals surface area contributed by atoms with E-state index in [1.807, 2.05) is 67.2 Å². The number of rotatable bonds is 1. The molecule has 20 heavy (non-hydrogen) atoms. The van der Waals surface area contributed by atoms with Gasteiger partial charge in [0.25, 0.3) is 5.56 Å². The Morgan fingerprint density at radius 2 is 1.80 bits per heavy atom. The molecule has 0 amide bonds. The first-order valence-electron chi connectivity index (χ1n) is 6.24. The minimum atomic E-state index is -0.0516. The number of hydrogen-bond donors (Lipinski definition) is 1. The molecule has 0 fully saturated rings. The van der Waals surface area contributed by atoms with Crippen LogP contribution in [0.4, 0.5) is 0 Å². The van der Waals surface area contributed by atoms with Crippen LogP contribution in [0.3, 0.4) is 0 Å². The van der Waals surface area contributed by atoms with Crippen molar-refractivity contribution in [1.29, 1.82) is 0 Å². The van der Waals surface area contributed by atoms with Crippen LogP contribution in [0.15, 0.2) is 53.5 Å². The standard InChI is InChI=1S/C16H14N2O.HI/c1-11-5-7-12(8-6-11)14-10-15-13(16(19)17-14)4-3-9-18(15)2;/h3-10H,1-2H3;1H. The van der Waals surface area contributed by atoms with Crippen molar-refractivity contribution in [3.05, 3.63) is 64.6 Å². The molecule has 0 atom stereocenters. The zero-order valence-electron chi connectivity index (χ0n) is 11.4. The van der Waals surface area contributed by atoms with Gasteiger partial charge in [-0.3, -0.25) is 4.79 Å². The Morgan fingerprint density at radius 1 is 1.10 bits per heavy atom. The van der Waals surface area contributed by atoms with Gasteiger partial charge in [0.15, 0.2) is 6.20 Å². The SMILES string of the molecule is Cc1ccc(-c2cc3c(ccc[n+]3C)c(=O)[nH]2)cc1.[I-]. The normalized spacial score (nSPS) is 10.3. The van der Waals surface area contributed by atoms with Gasteiger partial charge in [-0.15, -0.1) is 0 Å². The summed E-state index contributed by atoms with van der Waals surface area (Å²) in [5.41, 5.74) is 3.95. The van der Waals surface area contributed by atoms with Crippen LogP contribution in [0.25, 0.3) is 22.2 Å². The Morgan fingerprint density at radius 3 is 2.50 bits per heavy atom. The number of aromatic nitrogens is 2. The fourth-order valence-corrected chi connectivity index (χ4v) is 2.25. The summed E-state index contributed by atoms with van der Waals surface area (Å²) in [5.74, 6) is 0. The van der Waals surface area contributed by atoms with Crippen LogP contribution in [0.2, 0.25) is 0 Å². The quantitative estimate of drug-likeness (QED) is 0.443. The van der Waals surface area contributed by atoms with E-state index in [1.54, 1.807) is 0 Å². The molecular formula is C16H15IN2O. The van der Waals surface area contributed by atoms with Crippen LogP contribution in [-0.2, 0) is 7.05 Å². The van der Waals surface area contributed by atoms with Crippen molar-refractivity contribution in [3.63, 3.8) is 0 Å². The Kier molecular flexibility index (Phi) is 4.23. The van der Waals surface area contributed by atoms with Crippen molar-refractivity contribution in [3.8, 4) is 11.3 Å². The Balaban J connectivity index is 0.00000147. The van der Waals surface area contributed by atoms with Crippen LogP contribution >= 0.6 is 0 Å². The number of fused-ring (bicyclic) bond motifs is 1. The first-order valence-corrected chi connectivity index (χ1v) is 6.24. The second-order valence-electron chi connectivity index (χ2n) is 4.80. The first-order chi connectivity index (χ1) is 9.15. The number of nitrogens with zero attached hydrogens (tertiary/aromatic N) is 1. The molecule has 3 nitrogen and oxygen atoms in total. The van der Waals surface area contributed by atoms with E-state index in [9.17, 15) is 4.79 Å². The number of nitrogens with one attached hydrogen (secondary N) is 1. The lowest BCUT2D eigenvalue weighted by Crippen LogP contribution is -3.00. The molecule has 0 bridgehead atoms. The van der Waals surface area contributed by atoms with Gasteiger partial charge in [-0.2, -0.15) is 0 Å². The number of aromatic amines is 1. The number of H-pyrrole nitrogens is 1. The molecule has 0 unspecified atom stereocenters. The summed E-state index contributed by atoms with van der Waals surface area (Å²) in [4.78, 5) is 15.1. The summed E-state index contributed by atoms with van der Waals surface area (Å²) in [6, 6.07) is 13.9. The second kappa shape index (κ2) is 5.75. The predicted octanol–water partition coefficient (Wildman–Crippen LogP) is -0.668. The number of pyridine rings is 2. The minimum absolute atomic E-state index is 0. The second-order valence-corrected chi connectivity index (χ2v) is 4.80. The third kappa shape index (κ3) is 2.60. The lowest BCUT2D eigenvalue weighted by molar-refractivity contribution is -0.644. The largest absolute Gasteiger partial charge is 1.00 e. The van der Waals surface area contributed by atoms with Crippen LogP contribution < -0.4 is 34.1 Å². The molecule has 2 heterocycles. The Labute approximate surface area is 134 Å². The number of halogens is 1. The highest BCUT2D eigenvalue weighted by atomic mass is 127. The van der Waals surface area contributed by atoms with E-state index in [2.05, 4.69) is 4.98 Å². The van der Waals surface area contributed by atoms with Crippen molar-refractivity contribution in [1.82, 2.24) is 4.98 Å². The molecule has 0 saturated carbocycles. The molecule has 2 aromatic heterocycles. The number of aryl methyl sites for hydroxylation is 2. The van der Waals surface area contributed by atoms with Crippen LogP contribution in [-0.4, -0.2) is 4.98 Å². The van der Waals surface area contributed by atoms with E-state index < -0.39 is 0 Å². The van der Waals surface area contributed by atoms with Gasteiger partial charge in [-0.05, 0) is 18.6 Å². The zero-order chi connectivity index (χ0) is 13.4. The summed E-state index contributed by atoms with van der Waals surface area (Å²) in [6.45, 7) is 2.05. The summed E-state index contributed by atoms with van der Waals surface area (Å²) in [7, 11) is 1.95. The van der Waals surface area contributed by atoms with E-state index >= 15 is 0 Å². The molecule has 102 valence electrons. The van der Waals surface area contributed by atoms with Crippen molar-refractivity contribution in [2.75, 3.05) is 0 Å². The molecule has 0 spiro atoms. The monoisotopic (exact) mass is 378 g/mol. The van der Waals surface area contributed by atoms with Gasteiger partial charge in [0.2, 0.25) is 5.52 Å². The Bertz CT molecular complexity index is 807. The summed E-state index contributed by atoms with van der Waals surface area (Å²) < 4.78 is 1.96. The zero-order valence-corrected chi connectivity index (χ0v) is 13.5. The predicted molar refractivity (Wildman–Crippen MR) is 75.9 cm³/mol. The number of benzene rings is 1. The highest BCUT2D eigenvalue weighted by Gasteiger charge is 2.10. The van der Waals surface area contributed by atoms with E-state index in [-0.39, 0.29) is 29.5 Å². The summed E-state index contributed by atoms with van der Waals surface area (Å²) in [6.07, 6.45) is 1.95. The maximum Gasteiger partial charge on any atom is 0.262 e. The van der Waals surface area contributed by atoms with Crippen molar-refractivity contribution in [2.24, 2.45) is 7.05 Å². The molecule has 0 radical (unpaired) electrons. The highest BCUT2D eigenvalue weighted by molar-refractivity contribution is 5.78. The lowest BCUT2D eigenvalue weighted by Gasteiger charge is -2.03. The molecule has 1 N–H and O–H groups in total. The van der Waals surface area contributed by atoms with Gasteiger partial charge in [-0.25, -0.2) is 4.57 Å². The highest BCUT2D eigenvalue weighted by Crippen LogP contribution is 2.18. The van der Waals surface area contributed by atoms with E-state index in [0.717, 1.165) is 16.8 Å². The summed E-state index contributed by atoms with van der Waals surface area (Å²) >= 11 is 0. The summed E-state index contributed by atoms with van der Waals surface area (Å²) in [5, 5.41) is 0.709. The van der Waals surface area contributed by atoms with Crippen molar-refractivity contribution >= 4 is 10.9 Å². The fraction of sp³-hybridized carbons (Fsp3) is 0.125. The van der Waals surface area contributed by atoms with Gasteiger partial charge in [-0.1, -0.05) is 29.8 Å². The first kappa shape index (κ1) is 14.7. The maximum absolute atomic E-state index is 12.1. The van der Waals surface area contributed by atoms with Crippen molar-refractivity contribution in [2.45, 2.75) is 6.92 Å². The maximum atomic E-state index is 12.1. The molecule has 0 aliphatic carbocycles. The van der Waals surface area contributed by atoms with Gasteiger partial charge in [0, 0.05) is 12.1 Å². The Hall–Kier alpha value is -1.69. The topological polar surface area (TPSA) is 36.7 Å². The molecule has 3 aromatic rings. The molecule has 4 heteroatoms. The van der Waals surface area contributed by atoms with Gasteiger partial charge in [0.1, 0.15) is 12.4 Å².